The fraction of sp³-hybridized carbons (Fsp3) is 0.0870. The number of nitrogens with one attached hydrogen (secondary N) is 2. The number of rotatable bonds is 5. The van der Waals surface area contributed by atoms with Crippen LogP contribution in [0.5, 0.6) is 5.75 Å². The highest BCUT2D eigenvalue weighted by Crippen LogP contribution is 2.29. The first-order valence-electron chi connectivity index (χ1n) is 9.23. The number of carbonyl (C=O) groups is 2. The van der Waals surface area contributed by atoms with Crippen LogP contribution < -0.4 is 15.4 Å². The van der Waals surface area contributed by atoms with Crippen molar-refractivity contribution in [3.05, 3.63) is 84.2 Å². The molecule has 4 rings (SSSR count). The Kier molecular flexibility index (Phi) is 5.33. The van der Waals surface area contributed by atoms with Gasteiger partial charge in [-0.1, -0.05) is 36.4 Å². The topological polar surface area (TPSA) is 80.3 Å². The Hall–Kier alpha value is -3.93. The fourth-order valence-electron chi connectivity index (χ4n) is 2.98. The average Bonchev–Trinajstić information content (AvgIpc) is 2.74. The molecule has 0 spiro atoms. The molecule has 2 aromatic carbocycles. The zero-order valence-electron chi connectivity index (χ0n) is 15.5. The Balaban J connectivity index is 1.39. The van der Waals surface area contributed by atoms with E-state index in [0.717, 1.165) is 11.3 Å². The molecule has 6 nitrogen and oxygen atoms in total. The van der Waals surface area contributed by atoms with Gasteiger partial charge >= 0.3 is 0 Å². The minimum absolute atomic E-state index is 0.0752. The molecular formula is C23H19N3O3. The number of hydrogen-bond donors (Lipinski definition) is 2. The molecule has 0 fully saturated rings. The summed E-state index contributed by atoms with van der Waals surface area (Å²) in [6, 6.07) is 20.3. The van der Waals surface area contributed by atoms with E-state index in [4.69, 9.17) is 4.74 Å². The fourth-order valence-corrected chi connectivity index (χ4v) is 2.98. The van der Waals surface area contributed by atoms with E-state index in [0.29, 0.717) is 17.1 Å². The van der Waals surface area contributed by atoms with Crippen LogP contribution in [0.4, 0.5) is 11.4 Å². The summed E-state index contributed by atoms with van der Waals surface area (Å²) in [6.45, 7) is 0. The molecule has 1 aliphatic heterocycles. The zero-order chi connectivity index (χ0) is 20.1. The van der Waals surface area contributed by atoms with Crippen molar-refractivity contribution >= 4 is 35.3 Å². The minimum atomic E-state index is -0.864. The first kappa shape index (κ1) is 18.4. The first-order chi connectivity index (χ1) is 14.2. The van der Waals surface area contributed by atoms with E-state index in [2.05, 4.69) is 15.6 Å². The van der Waals surface area contributed by atoms with Crippen molar-refractivity contribution in [3.63, 3.8) is 0 Å². The number of nitrogens with zero attached hydrogens (tertiary/aromatic N) is 1. The van der Waals surface area contributed by atoms with E-state index in [9.17, 15) is 9.59 Å². The van der Waals surface area contributed by atoms with Gasteiger partial charge in [-0.15, -0.1) is 0 Å². The predicted molar refractivity (Wildman–Crippen MR) is 112 cm³/mol. The summed E-state index contributed by atoms with van der Waals surface area (Å²) in [7, 11) is 0. The highest BCUT2D eigenvalue weighted by molar-refractivity contribution is 6.02. The number of amides is 2. The third-order valence-corrected chi connectivity index (χ3v) is 4.38. The molecule has 2 heterocycles. The van der Waals surface area contributed by atoms with Crippen LogP contribution in [-0.2, 0) is 9.59 Å². The van der Waals surface area contributed by atoms with Crippen LogP contribution >= 0.6 is 0 Å². The Labute approximate surface area is 168 Å². The molecule has 0 saturated heterocycles. The number of fused-ring (bicyclic) bond motifs is 1. The van der Waals surface area contributed by atoms with Crippen molar-refractivity contribution in [2.24, 2.45) is 0 Å². The summed E-state index contributed by atoms with van der Waals surface area (Å²) in [6.07, 6.45) is 4.62. The maximum atomic E-state index is 12.4. The molecule has 1 aliphatic rings. The van der Waals surface area contributed by atoms with Crippen molar-refractivity contribution in [1.29, 1.82) is 0 Å². The summed E-state index contributed by atoms with van der Waals surface area (Å²) < 4.78 is 5.67. The van der Waals surface area contributed by atoms with E-state index < -0.39 is 6.10 Å². The van der Waals surface area contributed by atoms with Gasteiger partial charge < -0.3 is 15.4 Å². The Morgan fingerprint density at radius 1 is 1.07 bits per heavy atom. The van der Waals surface area contributed by atoms with Gasteiger partial charge in [0, 0.05) is 11.9 Å². The van der Waals surface area contributed by atoms with Crippen molar-refractivity contribution in [2.75, 3.05) is 10.6 Å². The number of benzene rings is 2. The standard InChI is InChI=1S/C23H19N3O3/c27-22(15-21-23(28)26-19-9-1-2-10-20(19)29-21)25-18-8-5-6-16(14-18)11-12-17-7-3-4-13-24-17/h1-14,21H,15H2,(H,25,27)(H,26,28)/b12-11+. The molecule has 29 heavy (non-hydrogen) atoms. The lowest BCUT2D eigenvalue weighted by Gasteiger charge is -2.25. The van der Waals surface area contributed by atoms with Gasteiger partial charge in [0.15, 0.2) is 6.10 Å². The second kappa shape index (κ2) is 8.39. The van der Waals surface area contributed by atoms with Crippen LogP contribution in [0.1, 0.15) is 17.7 Å². The van der Waals surface area contributed by atoms with Crippen molar-refractivity contribution < 1.29 is 14.3 Å². The lowest BCUT2D eigenvalue weighted by atomic mass is 10.1. The largest absolute Gasteiger partial charge is 0.478 e. The molecule has 3 aromatic rings. The predicted octanol–water partition coefficient (Wildman–Crippen LogP) is 3.98. The maximum absolute atomic E-state index is 12.4. The number of aromatic nitrogens is 1. The highest BCUT2D eigenvalue weighted by Gasteiger charge is 2.29. The number of pyridine rings is 1. The summed E-state index contributed by atoms with van der Waals surface area (Å²) in [5, 5.41) is 5.59. The summed E-state index contributed by atoms with van der Waals surface area (Å²) in [4.78, 5) is 28.9. The number of anilines is 2. The third kappa shape index (κ3) is 4.68. The molecule has 6 heteroatoms. The quantitative estimate of drug-likeness (QED) is 0.696. The highest BCUT2D eigenvalue weighted by atomic mass is 16.5. The second-order valence-electron chi connectivity index (χ2n) is 6.56. The monoisotopic (exact) mass is 385 g/mol. The van der Waals surface area contributed by atoms with E-state index in [1.807, 2.05) is 60.7 Å². The van der Waals surface area contributed by atoms with Crippen LogP contribution in [0.2, 0.25) is 0 Å². The first-order valence-corrected chi connectivity index (χ1v) is 9.23. The second-order valence-corrected chi connectivity index (χ2v) is 6.56. The van der Waals surface area contributed by atoms with Gasteiger partial charge in [0.05, 0.1) is 17.8 Å². The van der Waals surface area contributed by atoms with Crippen molar-refractivity contribution in [1.82, 2.24) is 4.98 Å². The van der Waals surface area contributed by atoms with Crippen LogP contribution in [0.15, 0.2) is 72.9 Å². The summed E-state index contributed by atoms with van der Waals surface area (Å²) in [5.74, 6) is -0.0622. The van der Waals surface area contributed by atoms with Gasteiger partial charge in [0.1, 0.15) is 5.75 Å². The maximum Gasteiger partial charge on any atom is 0.266 e. The van der Waals surface area contributed by atoms with E-state index >= 15 is 0 Å². The van der Waals surface area contributed by atoms with Gasteiger partial charge in [-0.25, -0.2) is 0 Å². The minimum Gasteiger partial charge on any atom is -0.478 e. The number of carbonyl (C=O) groups excluding carboxylic acids is 2. The molecule has 1 aromatic heterocycles. The van der Waals surface area contributed by atoms with Crippen LogP contribution in [0.25, 0.3) is 12.2 Å². The van der Waals surface area contributed by atoms with Crippen LogP contribution in [0.3, 0.4) is 0 Å². The smallest absolute Gasteiger partial charge is 0.266 e. The van der Waals surface area contributed by atoms with E-state index in [1.54, 1.807) is 24.4 Å². The van der Waals surface area contributed by atoms with Gasteiger partial charge in [-0.2, -0.15) is 0 Å². The molecule has 1 atom stereocenters. The Bertz CT molecular complexity index is 1060. The lowest BCUT2D eigenvalue weighted by Crippen LogP contribution is -2.39. The normalized spacial score (nSPS) is 15.3. The molecule has 144 valence electrons. The molecule has 1 unspecified atom stereocenters. The van der Waals surface area contributed by atoms with Crippen molar-refractivity contribution in [2.45, 2.75) is 12.5 Å². The average molecular weight is 385 g/mol. The van der Waals surface area contributed by atoms with Gasteiger partial charge in [-0.05, 0) is 48.0 Å². The van der Waals surface area contributed by atoms with Gasteiger partial charge in [-0.3, -0.25) is 14.6 Å². The molecule has 0 aliphatic carbocycles. The lowest BCUT2D eigenvalue weighted by molar-refractivity contribution is -0.128. The number of hydrogen-bond acceptors (Lipinski definition) is 4. The summed E-state index contributed by atoms with van der Waals surface area (Å²) >= 11 is 0. The molecule has 2 amide bonds. The molecule has 0 bridgehead atoms. The van der Waals surface area contributed by atoms with Crippen LogP contribution in [-0.4, -0.2) is 22.9 Å². The van der Waals surface area contributed by atoms with Crippen molar-refractivity contribution in [3.8, 4) is 5.75 Å². The number of ether oxygens (including phenoxy) is 1. The Morgan fingerprint density at radius 2 is 1.93 bits per heavy atom. The van der Waals surface area contributed by atoms with Gasteiger partial charge in [0.25, 0.3) is 5.91 Å². The molecule has 0 radical (unpaired) electrons. The molecule has 2 N–H and O–H groups in total. The molecular weight excluding hydrogens is 366 g/mol. The number of para-hydroxylation sites is 2. The SMILES string of the molecule is O=C(CC1Oc2ccccc2NC1=O)Nc1cccc(/C=C/c2ccccn2)c1. The Morgan fingerprint density at radius 3 is 2.79 bits per heavy atom. The van der Waals surface area contributed by atoms with Gasteiger partial charge in [0.2, 0.25) is 5.91 Å². The molecule has 0 saturated carbocycles. The van der Waals surface area contributed by atoms with E-state index in [-0.39, 0.29) is 18.2 Å². The van der Waals surface area contributed by atoms with E-state index in [1.165, 1.54) is 0 Å². The van der Waals surface area contributed by atoms with Crippen LogP contribution in [0, 0.1) is 0 Å². The zero-order valence-corrected chi connectivity index (χ0v) is 15.5. The summed E-state index contributed by atoms with van der Waals surface area (Å²) in [5.41, 5.74) is 3.04. The third-order valence-electron chi connectivity index (χ3n) is 4.38.